The van der Waals surface area contributed by atoms with Crippen LogP contribution in [0.15, 0.2) is 12.2 Å². The Balaban J connectivity index is 2.35. The van der Waals surface area contributed by atoms with Gasteiger partial charge >= 0.3 is 5.97 Å². The average molecular weight is 227 g/mol. The number of aliphatic hydroxyl groups excluding tert-OH is 1. The van der Waals surface area contributed by atoms with Crippen LogP contribution in [0, 0.1) is 5.92 Å². The number of amides is 1. The normalized spacial score (nSPS) is 20.7. The molecule has 0 heterocycles. The number of aliphatic hydroxyl groups is 1. The Labute approximate surface area is 94.2 Å². The summed E-state index contributed by atoms with van der Waals surface area (Å²) in [7, 11) is 0. The van der Waals surface area contributed by atoms with Crippen molar-refractivity contribution in [2.45, 2.75) is 31.7 Å². The molecule has 1 aliphatic carbocycles. The van der Waals surface area contributed by atoms with Gasteiger partial charge in [0.25, 0.3) is 0 Å². The minimum Gasteiger partial charge on any atom is -0.480 e. The Bertz CT molecular complexity index is 288. The van der Waals surface area contributed by atoms with Gasteiger partial charge in [-0.3, -0.25) is 4.79 Å². The third kappa shape index (κ3) is 4.02. The molecule has 2 atom stereocenters. The summed E-state index contributed by atoms with van der Waals surface area (Å²) in [6, 6.07) is -0.983. The highest BCUT2D eigenvalue weighted by atomic mass is 16.4. The second-order valence-corrected chi connectivity index (χ2v) is 3.94. The Hall–Kier alpha value is -1.36. The molecule has 1 amide bonds. The van der Waals surface area contributed by atoms with Crippen LogP contribution in [-0.2, 0) is 9.59 Å². The molecule has 5 heteroatoms. The van der Waals surface area contributed by atoms with Crippen molar-refractivity contribution in [2.24, 2.45) is 5.92 Å². The van der Waals surface area contributed by atoms with E-state index >= 15 is 0 Å². The van der Waals surface area contributed by atoms with Gasteiger partial charge in [-0.15, -0.1) is 0 Å². The average Bonchev–Trinajstić information content (AvgIpc) is 2.69. The molecule has 1 unspecified atom stereocenters. The third-order valence-corrected chi connectivity index (χ3v) is 2.61. The fraction of sp³-hybridized carbons (Fsp3) is 0.636. The molecule has 0 saturated heterocycles. The van der Waals surface area contributed by atoms with Gasteiger partial charge in [0.2, 0.25) is 5.91 Å². The fourth-order valence-corrected chi connectivity index (χ4v) is 1.74. The summed E-state index contributed by atoms with van der Waals surface area (Å²) in [4.78, 5) is 22.2. The topological polar surface area (TPSA) is 86.6 Å². The van der Waals surface area contributed by atoms with E-state index in [-0.39, 0.29) is 24.9 Å². The maximum absolute atomic E-state index is 11.5. The number of carbonyl (C=O) groups excluding carboxylic acids is 1. The van der Waals surface area contributed by atoms with Crippen molar-refractivity contribution in [3.05, 3.63) is 12.2 Å². The summed E-state index contributed by atoms with van der Waals surface area (Å²) in [5.41, 5.74) is 0. The first kappa shape index (κ1) is 12.7. The lowest BCUT2D eigenvalue weighted by molar-refractivity contribution is -0.142. The van der Waals surface area contributed by atoms with Crippen molar-refractivity contribution in [1.82, 2.24) is 5.32 Å². The maximum atomic E-state index is 11.5. The zero-order chi connectivity index (χ0) is 12.0. The minimum atomic E-state index is -1.11. The van der Waals surface area contributed by atoms with Crippen LogP contribution in [0.3, 0.4) is 0 Å². The first-order valence-electron chi connectivity index (χ1n) is 5.43. The van der Waals surface area contributed by atoms with Crippen LogP contribution in [-0.4, -0.2) is 34.7 Å². The number of rotatable bonds is 6. The van der Waals surface area contributed by atoms with Crippen molar-refractivity contribution in [3.63, 3.8) is 0 Å². The van der Waals surface area contributed by atoms with Crippen LogP contribution in [0.25, 0.3) is 0 Å². The molecule has 0 aromatic heterocycles. The van der Waals surface area contributed by atoms with Crippen LogP contribution < -0.4 is 5.32 Å². The molecule has 0 bridgehead atoms. The van der Waals surface area contributed by atoms with Gasteiger partial charge in [0.05, 0.1) is 0 Å². The molecule has 0 fully saturated rings. The predicted octanol–water partition coefficient (Wildman–Crippen LogP) is 0.294. The standard InChI is InChI=1S/C11H17NO4/c13-6-5-9(11(15)16)12-10(14)7-8-3-1-2-4-8/h1,3,8-9,13H,2,4-7H2,(H,12,14)(H,15,16)/t8?,9-/m1/s1. The lowest BCUT2D eigenvalue weighted by Gasteiger charge is -2.14. The van der Waals surface area contributed by atoms with Crippen molar-refractivity contribution in [2.75, 3.05) is 6.61 Å². The van der Waals surface area contributed by atoms with Crippen molar-refractivity contribution in [1.29, 1.82) is 0 Å². The molecular weight excluding hydrogens is 210 g/mol. The molecule has 0 saturated carbocycles. The van der Waals surface area contributed by atoms with Crippen molar-refractivity contribution in [3.8, 4) is 0 Å². The highest BCUT2D eigenvalue weighted by Gasteiger charge is 2.21. The van der Waals surface area contributed by atoms with Crippen molar-refractivity contribution < 1.29 is 19.8 Å². The second kappa shape index (κ2) is 6.27. The molecule has 16 heavy (non-hydrogen) atoms. The van der Waals surface area contributed by atoms with E-state index in [0.717, 1.165) is 12.8 Å². The number of hydrogen-bond donors (Lipinski definition) is 3. The number of allylic oxidation sites excluding steroid dienone is 2. The number of carboxylic acids is 1. The summed E-state index contributed by atoms with van der Waals surface area (Å²) in [6.45, 7) is -0.249. The zero-order valence-electron chi connectivity index (χ0n) is 9.06. The monoisotopic (exact) mass is 227 g/mol. The molecule has 5 nitrogen and oxygen atoms in total. The van der Waals surface area contributed by atoms with E-state index in [4.69, 9.17) is 10.2 Å². The minimum absolute atomic E-state index is 0.0432. The lowest BCUT2D eigenvalue weighted by atomic mass is 10.0. The van der Waals surface area contributed by atoms with Gasteiger partial charge in [-0.2, -0.15) is 0 Å². The molecule has 0 radical (unpaired) electrons. The second-order valence-electron chi connectivity index (χ2n) is 3.94. The van der Waals surface area contributed by atoms with Crippen LogP contribution in [0.5, 0.6) is 0 Å². The van der Waals surface area contributed by atoms with E-state index in [9.17, 15) is 9.59 Å². The Kier molecular flexibility index (Phi) is 4.98. The molecule has 90 valence electrons. The number of hydrogen-bond acceptors (Lipinski definition) is 3. The van der Waals surface area contributed by atoms with Gasteiger partial charge in [0.1, 0.15) is 6.04 Å². The van der Waals surface area contributed by atoms with Gasteiger partial charge in [-0.1, -0.05) is 12.2 Å². The molecule has 3 N–H and O–H groups in total. The first-order valence-corrected chi connectivity index (χ1v) is 5.43. The Morgan fingerprint density at radius 1 is 1.50 bits per heavy atom. The van der Waals surface area contributed by atoms with Crippen molar-refractivity contribution >= 4 is 11.9 Å². The van der Waals surface area contributed by atoms with Gasteiger partial charge in [-0.25, -0.2) is 4.79 Å². The van der Waals surface area contributed by atoms with Crippen LogP contribution in [0.1, 0.15) is 25.7 Å². The maximum Gasteiger partial charge on any atom is 0.326 e. The molecule has 1 rings (SSSR count). The van der Waals surface area contributed by atoms with Gasteiger partial charge in [0, 0.05) is 19.4 Å². The Morgan fingerprint density at radius 3 is 2.75 bits per heavy atom. The van der Waals surface area contributed by atoms with Gasteiger partial charge in [0.15, 0.2) is 0 Å². The van der Waals surface area contributed by atoms with Crippen LogP contribution >= 0.6 is 0 Å². The largest absolute Gasteiger partial charge is 0.480 e. The highest BCUT2D eigenvalue weighted by Crippen LogP contribution is 2.20. The van der Waals surface area contributed by atoms with E-state index in [1.54, 1.807) is 0 Å². The molecule has 0 aliphatic heterocycles. The highest BCUT2D eigenvalue weighted by molar-refractivity contribution is 5.83. The summed E-state index contributed by atoms with van der Waals surface area (Å²) in [5, 5.41) is 19.8. The lowest BCUT2D eigenvalue weighted by Crippen LogP contribution is -2.41. The van der Waals surface area contributed by atoms with E-state index < -0.39 is 12.0 Å². The van der Waals surface area contributed by atoms with Gasteiger partial charge in [-0.05, 0) is 18.8 Å². The summed E-state index contributed by atoms with van der Waals surface area (Å²) < 4.78 is 0. The first-order chi connectivity index (χ1) is 7.63. The molecular formula is C11H17NO4. The summed E-state index contributed by atoms with van der Waals surface area (Å²) >= 11 is 0. The van der Waals surface area contributed by atoms with E-state index in [1.165, 1.54) is 0 Å². The summed E-state index contributed by atoms with van der Waals surface area (Å²) in [5.74, 6) is -1.15. The quantitative estimate of drug-likeness (QED) is 0.569. The van der Waals surface area contributed by atoms with Crippen LogP contribution in [0.2, 0.25) is 0 Å². The predicted molar refractivity (Wildman–Crippen MR) is 57.8 cm³/mol. The fourth-order valence-electron chi connectivity index (χ4n) is 1.74. The van der Waals surface area contributed by atoms with Crippen LogP contribution in [0.4, 0.5) is 0 Å². The van der Waals surface area contributed by atoms with E-state index in [1.807, 2.05) is 12.2 Å². The third-order valence-electron chi connectivity index (χ3n) is 2.61. The van der Waals surface area contributed by atoms with E-state index in [2.05, 4.69) is 5.32 Å². The number of carbonyl (C=O) groups is 2. The van der Waals surface area contributed by atoms with Gasteiger partial charge < -0.3 is 15.5 Å². The number of nitrogens with one attached hydrogen (secondary N) is 1. The molecule has 0 aromatic rings. The molecule has 1 aliphatic rings. The van der Waals surface area contributed by atoms with E-state index in [0.29, 0.717) is 6.42 Å². The SMILES string of the molecule is O=C(CC1C=CCC1)N[C@H](CCO)C(=O)O. The zero-order valence-corrected chi connectivity index (χ0v) is 9.06. The number of aliphatic carboxylic acids is 1. The number of carboxylic acid groups (broad SMARTS) is 1. The molecule has 0 spiro atoms. The summed E-state index contributed by atoms with van der Waals surface area (Å²) in [6.07, 6.45) is 6.32. The smallest absolute Gasteiger partial charge is 0.326 e. The Morgan fingerprint density at radius 2 is 2.25 bits per heavy atom. The molecule has 0 aromatic carbocycles.